The molecule has 0 aliphatic heterocycles. The van der Waals surface area contributed by atoms with Crippen LogP contribution in [0.1, 0.15) is 20.8 Å². The number of carboxylic acids is 1. The highest BCUT2D eigenvalue weighted by Crippen LogP contribution is 2.12. The molecule has 0 heterocycles. The van der Waals surface area contributed by atoms with E-state index in [1.807, 2.05) is 0 Å². The van der Waals surface area contributed by atoms with Crippen molar-refractivity contribution in [2.24, 2.45) is 5.41 Å². The molecule has 3 amide bonds. The SMILES string of the molecule is CNC(=O)C(C)(C)CNC(=O)NC(C)C(=O)O. The third-order valence-corrected chi connectivity index (χ3v) is 2.25. The number of aliphatic carboxylic acids is 1. The molecule has 7 nitrogen and oxygen atoms in total. The van der Waals surface area contributed by atoms with E-state index < -0.39 is 23.5 Å². The highest BCUT2D eigenvalue weighted by molar-refractivity contribution is 5.84. The highest BCUT2D eigenvalue weighted by Gasteiger charge is 2.27. The number of rotatable bonds is 5. The first-order valence-electron chi connectivity index (χ1n) is 5.20. The van der Waals surface area contributed by atoms with Crippen LogP contribution in [0.15, 0.2) is 0 Å². The molecule has 0 aliphatic rings. The Hall–Kier alpha value is -1.79. The number of hydrogen-bond donors (Lipinski definition) is 4. The Morgan fingerprint density at radius 2 is 1.82 bits per heavy atom. The second-order valence-electron chi connectivity index (χ2n) is 4.35. The molecule has 0 spiro atoms. The Balaban J connectivity index is 4.16. The van der Waals surface area contributed by atoms with Gasteiger partial charge in [0, 0.05) is 13.6 Å². The molecule has 0 aliphatic carbocycles. The lowest BCUT2D eigenvalue weighted by molar-refractivity contribution is -0.138. The van der Waals surface area contributed by atoms with Crippen LogP contribution in [-0.2, 0) is 9.59 Å². The van der Waals surface area contributed by atoms with Gasteiger partial charge in [0.25, 0.3) is 0 Å². The Kier molecular flexibility index (Phi) is 5.43. The molecule has 0 fully saturated rings. The highest BCUT2D eigenvalue weighted by atomic mass is 16.4. The summed E-state index contributed by atoms with van der Waals surface area (Å²) in [6, 6.07) is -1.59. The largest absolute Gasteiger partial charge is 0.480 e. The van der Waals surface area contributed by atoms with Gasteiger partial charge in [-0.2, -0.15) is 0 Å². The maximum Gasteiger partial charge on any atom is 0.325 e. The van der Waals surface area contributed by atoms with Crippen LogP contribution in [0.25, 0.3) is 0 Å². The van der Waals surface area contributed by atoms with Gasteiger partial charge >= 0.3 is 12.0 Å². The molecular formula is C10H19N3O4. The van der Waals surface area contributed by atoms with Crippen LogP contribution >= 0.6 is 0 Å². The third-order valence-electron chi connectivity index (χ3n) is 2.25. The van der Waals surface area contributed by atoms with Crippen molar-refractivity contribution in [3.63, 3.8) is 0 Å². The quantitative estimate of drug-likeness (QED) is 0.525. The van der Waals surface area contributed by atoms with Crippen LogP contribution in [0.4, 0.5) is 4.79 Å². The Morgan fingerprint density at radius 3 is 2.24 bits per heavy atom. The molecule has 0 saturated carbocycles. The minimum Gasteiger partial charge on any atom is -0.480 e. The van der Waals surface area contributed by atoms with Gasteiger partial charge in [-0.05, 0) is 20.8 Å². The van der Waals surface area contributed by atoms with E-state index in [9.17, 15) is 14.4 Å². The van der Waals surface area contributed by atoms with Crippen molar-refractivity contribution in [1.29, 1.82) is 0 Å². The monoisotopic (exact) mass is 245 g/mol. The van der Waals surface area contributed by atoms with Crippen molar-refractivity contribution in [2.45, 2.75) is 26.8 Å². The Morgan fingerprint density at radius 1 is 1.29 bits per heavy atom. The standard InChI is InChI=1S/C10H19N3O4/c1-6(7(14)15)13-9(17)12-5-10(2,3)8(16)11-4/h6H,5H2,1-4H3,(H,11,16)(H,14,15)(H2,12,13,17). The van der Waals surface area contributed by atoms with E-state index in [-0.39, 0.29) is 12.5 Å². The van der Waals surface area contributed by atoms with Crippen molar-refractivity contribution in [3.8, 4) is 0 Å². The van der Waals surface area contributed by atoms with Gasteiger partial charge in [-0.25, -0.2) is 4.79 Å². The van der Waals surface area contributed by atoms with Crippen molar-refractivity contribution in [1.82, 2.24) is 16.0 Å². The zero-order chi connectivity index (χ0) is 13.6. The summed E-state index contributed by atoms with van der Waals surface area (Å²) in [5.41, 5.74) is -0.751. The number of amides is 3. The molecule has 0 rings (SSSR count). The van der Waals surface area contributed by atoms with E-state index >= 15 is 0 Å². The summed E-state index contributed by atoms with van der Waals surface area (Å²) in [6.07, 6.45) is 0. The van der Waals surface area contributed by atoms with Crippen LogP contribution in [0.2, 0.25) is 0 Å². The topological polar surface area (TPSA) is 108 Å². The van der Waals surface area contributed by atoms with E-state index in [4.69, 9.17) is 5.11 Å². The first-order valence-corrected chi connectivity index (χ1v) is 5.20. The molecule has 7 heteroatoms. The molecule has 0 saturated heterocycles. The number of carbonyl (C=O) groups is 3. The lowest BCUT2D eigenvalue weighted by Gasteiger charge is -2.23. The van der Waals surface area contributed by atoms with Crippen molar-refractivity contribution >= 4 is 17.9 Å². The predicted octanol–water partition coefficient (Wildman–Crippen LogP) is -0.469. The molecule has 0 radical (unpaired) electrons. The number of hydrogen-bond acceptors (Lipinski definition) is 3. The number of urea groups is 1. The predicted molar refractivity (Wildman–Crippen MR) is 61.5 cm³/mol. The minimum atomic E-state index is -1.12. The normalized spacial score (nSPS) is 12.5. The van der Waals surface area contributed by atoms with Crippen LogP contribution in [0, 0.1) is 5.41 Å². The summed E-state index contributed by atoms with van der Waals surface area (Å²) in [6.45, 7) is 4.82. The summed E-state index contributed by atoms with van der Waals surface area (Å²) < 4.78 is 0. The molecule has 1 unspecified atom stereocenters. The van der Waals surface area contributed by atoms with Gasteiger partial charge in [0.2, 0.25) is 5.91 Å². The fourth-order valence-corrected chi connectivity index (χ4v) is 1.03. The minimum absolute atomic E-state index is 0.116. The van der Waals surface area contributed by atoms with Gasteiger partial charge in [-0.1, -0.05) is 0 Å². The molecular weight excluding hydrogens is 226 g/mol. The summed E-state index contributed by atoms with van der Waals surface area (Å²) in [5.74, 6) is -1.32. The average Bonchev–Trinajstić information content (AvgIpc) is 2.25. The van der Waals surface area contributed by atoms with Crippen LogP contribution < -0.4 is 16.0 Å². The van der Waals surface area contributed by atoms with Gasteiger partial charge in [0.15, 0.2) is 0 Å². The van der Waals surface area contributed by atoms with Gasteiger partial charge in [-0.3, -0.25) is 9.59 Å². The summed E-state index contributed by atoms with van der Waals surface area (Å²) in [5, 5.41) is 15.7. The smallest absolute Gasteiger partial charge is 0.325 e. The first kappa shape index (κ1) is 15.2. The van der Waals surface area contributed by atoms with Gasteiger partial charge in [0.1, 0.15) is 6.04 Å². The Bertz CT molecular complexity index is 315. The van der Waals surface area contributed by atoms with Gasteiger partial charge < -0.3 is 21.1 Å². The molecule has 17 heavy (non-hydrogen) atoms. The Labute approximate surface area is 100.0 Å². The molecule has 4 N–H and O–H groups in total. The molecule has 1 atom stereocenters. The number of carboxylic acid groups (broad SMARTS) is 1. The van der Waals surface area contributed by atoms with E-state index in [0.29, 0.717) is 0 Å². The van der Waals surface area contributed by atoms with E-state index in [1.165, 1.54) is 14.0 Å². The fraction of sp³-hybridized carbons (Fsp3) is 0.700. The zero-order valence-electron chi connectivity index (χ0n) is 10.5. The summed E-state index contributed by atoms with van der Waals surface area (Å²) >= 11 is 0. The summed E-state index contributed by atoms with van der Waals surface area (Å²) in [4.78, 5) is 33.2. The van der Waals surface area contributed by atoms with Crippen LogP contribution in [-0.4, -0.2) is 42.6 Å². The molecule has 0 aromatic heterocycles. The third kappa shape index (κ3) is 5.19. The summed E-state index contributed by atoms with van der Waals surface area (Å²) in [7, 11) is 1.51. The lowest BCUT2D eigenvalue weighted by Crippen LogP contribution is -2.49. The maximum atomic E-state index is 11.4. The molecule has 98 valence electrons. The van der Waals surface area contributed by atoms with E-state index in [0.717, 1.165) is 0 Å². The molecule has 0 aromatic carbocycles. The van der Waals surface area contributed by atoms with Crippen LogP contribution in [0.3, 0.4) is 0 Å². The zero-order valence-corrected chi connectivity index (χ0v) is 10.5. The number of carbonyl (C=O) groups excluding carboxylic acids is 2. The van der Waals surface area contributed by atoms with Crippen LogP contribution in [0.5, 0.6) is 0 Å². The van der Waals surface area contributed by atoms with Crippen molar-refractivity contribution in [3.05, 3.63) is 0 Å². The number of nitrogens with one attached hydrogen (secondary N) is 3. The van der Waals surface area contributed by atoms with Crippen molar-refractivity contribution < 1.29 is 19.5 Å². The molecule has 0 aromatic rings. The second-order valence-corrected chi connectivity index (χ2v) is 4.35. The maximum absolute atomic E-state index is 11.4. The van der Waals surface area contributed by atoms with E-state index in [1.54, 1.807) is 13.8 Å². The lowest BCUT2D eigenvalue weighted by atomic mass is 9.92. The molecule has 0 bridgehead atoms. The van der Waals surface area contributed by atoms with Crippen molar-refractivity contribution in [2.75, 3.05) is 13.6 Å². The first-order chi connectivity index (χ1) is 7.70. The van der Waals surface area contributed by atoms with Gasteiger partial charge in [0.05, 0.1) is 5.41 Å². The van der Waals surface area contributed by atoms with E-state index in [2.05, 4.69) is 16.0 Å². The fourth-order valence-electron chi connectivity index (χ4n) is 1.03. The average molecular weight is 245 g/mol. The second kappa shape index (κ2) is 6.07. The van der Waals surface area contributed by atoms with Gasteiger partial charge in [-0.15, -0.1) is 0 Å².